The molecule has 0 unspecified atom stereocenters. The number of hydrogen-bond acceptors (Lipinski definition) is 3. The monoisotopic (exact) mass is 295 g/mol. The summed E-state index contributed by atoms with van der Waals surface area (Å²) in [6.45, 7) is 0.851. The molecule has 0 fully saturated rings. The Morgan fingerprint density at radius 3 is 2.59 bits per heavy atom. The van der Waals surface area contributed by atoms with E-state index < -0.39 is 0 Å². The van der Waals surface area contributed by atoms with Crippen molar-refractivity contribution in [3.05, 3.63) is 20.3 Å². The molecule has 0 atom stereocenters. The smallest absolute Gasteiger partial charge is 0.253 e. The quantitative estimate of drug-likeness (QED) is 0.758. The molecule has 1 amide bonds. The average molecular weight is 296 g/mol. The van der Waals surface area contributed by atoms with E-state index in [-0.39, 0.29) is 12.5 Å². The second-order valence-electron chi connectivity index (χ2n) is 3.63. The number of carbonyl (C=O) groups is 1. The Kier molecular flexibility index (Phi) is 6.89. The predicted octanol–water partition coefficient (Wildman–Crippen LogP) is 3.34. The van der Waals surface area contributed by atoms with E-state index in [1.165, 1.54) is 11.3 Å². The summed E-state index contributed by atoms with van der Waals surface area (Å²) in [6.07, 6.45) is 3.71. The van der Waals surface area contributed by atoms with Crippen molar-refractivity contribution in [2.75, 3.05) is 13.2 Å². The molecule has 0 spiro atoms. The van der Waals surface area contributed by atoms with Gasteiger partial charge < -0.3 is 10.4 Å². The maximum absolute atomic E-state index is 11.7. The molecule has 0 saturated heterocycles. The summed E-state index contributed by atoms with van der Waals surface area (Å²) >= 11 is 12.8. The molecule has 96 valence electrons. The number of hydrogen-bond donors (Lipinski definition) is 2. The maximum Gasteiger partial charge on any atom is 0.253 e. The molecule has 1 rings (SSSR count). The summed E-state index contributed by atoms with van der Waals surface area (Å²) < 4.78 is 0.941. The zero-order valence-electron chi connectivity index (χ0n) is 9.34. The molecular weight excluding hydrogens is 281 g/mol. The van der Waals surface area contributed by atoms with E-state index in [1.54, 1.807) is 6.07 Å². The van der Waals surface area contributed by atoms with E-state index in [1.807, 2.05) is 0 Å². The van der Waals surface area contributed by atoms with Gasteiger partial charge in [-0.3, -0.25) is 4.79 Å². The van der Waals surface area contributed by atoms with Crippen LogP contribution < -0.4 is 5.32 Å². The van der Waals surface area contributed by atoms with Crippen LogP contribution in [0.15, 0.2) is 6.07 Å². The van der Waals surface area contributed by atoms with E-state index in [0.717, 1.165) is 25.7 Å². The Balaban J connectivity index is 2.23. The van der Waals surface area contributed by atoms with Crippen LogP contribution in [0.3, 0.4) is 0 Å². The molecule has 0 saturated carbocycles. The average Bonchev–Trinajstić information content (AvgIpc) is 2.62. The standard InChI is InChI=1S/C11H15Cl2NO2S/c12-9-7-8(10(13)17-9)11(16)14-5-3-1-2-4-6-15/h7,15H,1-6H2,(H,14,16). The fraction of sp³-hybridized carbons (Fsp3) is 0.545. The highest BCUT2D eigenvalue weighted by Gasteiger charge is 2.13. The lowest BCUT2D eigenvalue weighted by Gasteiger charge is -2.03. The number of nitrogens with one attached hydrogen (secondary N) is 1. The second-order valence-corrected chi connectivity index (χ2v) is 5.92. The molecule has 1 aromatic heterocycles. The Hall–Kier alpha value is -0.290. The molecule has 0 radical (unpaired) electrons. The van der Waals surface area contributed by atoms with E-state index in [0.29, 0.717) is 20.8 Å². The van der Waals surface area contributed by atoms with Gasteiger partial charge in [-0.25, -0.2) is 0 Å². The number of halogens is 2. The number of rotatable bonds is 7. The Bertz CT molecular complexity index is 368. The van der Waals surface area contributed by atoms with Crippen LogP contribution in [0, 0.1) is 0 Å². The number of thiophene rings is 1. The van der Waals surface area contributed by atoms with Gasteiger partial charge in [0.2, 0.25) is 0 Å². The van der Waals surface area contributed by atoms with Crippen LogP contribution in [0.25, 0.3) is 0 Å². The normalized spacial score (nSPS) is 10.5. The van der Waals surface area contributed by atoms with Crippen molar-refractivity contribution in [1.29, 1.82) is 0 Å². The molecule has 0 aliphatic rings. The lowest BCUT2D eigenvalue weighted by molar-refractivity contribution is 0.0953. The van der Waals surface area contributed by atoms with Gasteiger partial charge in [0.05, 0.1) is 9.90 Å². The number of aliphatic hydroxyl groups excluding tert-OH is 1. The third-order valence-corrected chi connectivity index (χ3v) is 3.76. The Morgan fingerprint density at radius 1 is 1.29 bits per heavy atom. The van der Waals surface area contributed by atoms with Gasteiger partial charge in [-0.1, -0.05) is 36.0 Å². The van der Waals surface area contributed by atoms with Gasteiger partial charge in [-0.15, -0.1) is 11.3 Å². The molecule has 2 N–H and O–H groups in total. The van der Waals surface area contributed by atoms with Crippen molar-refractivity contribution in [3.8, 4) is 0 Å². The minimum Gasteiger partial charge on any atom is -0.396 e. The van der Waals surface area contributed by atoms with Gasteiger partial charge >= 0.3 is 0 Å². The second kappa shape index (κ2) is 7.93. The van der Waals surface area contributed by atoms with Crippen molar-refractivity contribution >= 4 is 40.4 Å². The van der Waals surface area contributed by atoms with Gasteiger partial charge in [0.25, 0.3) is 5.91 Å². The first-order valence-corrected chi connectivity index (χ1v) is 7.06. The highest BCUT2D eigenvalue weighted by molar-refractivity contribution is 7.20. The highest BCUT2D eigenvalue weighted by atomic mass is 35.5. The molecular formula is C11H15Cl2NO2S. The summed E-state index contributed by atoms with van der Waals surface area (Å²) in [6, 6.07) is 1.58. The van der Waals surface area contributed by atoms with Crippen LogP contribution in [0.2, 0.25) is 8.67 Å². The SMILES string of the molecule is O=C(NCCCCCCO)c1cc(Cl)sc1Cl. The van der Waals surface area contributed by atoms with Crippen molar-refractivity contribution < 1.29 is 9.90 Å². The zero-order chi connectivity index (χ0) is 12.7. The van der Waals surface area contributed by atoms with Crippen molar-refractivity contribution in [2.45, 2.75) is 25.7 Å². The minimum atomic E-state index is -0.180. The van der Waals surface area contributed by atoms with Crippen molar-refractivity contribution in [2.24, 2.45) is 0 Å². The minimum absolute atomic E-state index is 0.180. The van der Waals surface area contributed by atoms with Crippen LogP contribution in [0.1, 0.15) is 36.0 Å². The lowest BCUT2D eigenvalue weighted by atomic mass is 10.2. The fourth-order valence-corrected chi connectivity index (χ4v) is 2.84. The largest absolute Gasteiger partial charge is 0.396 e. The molecule has 17 heavy (non-hydrogen) atoms. The Labute approximate surface area is 115 Å². The first-order valence-electron chi connectivity index (χ1n) is 5.49. The summed E-state index contributed by atoms with van der Waals surface area (Å²) in [5.41, 5.74) is 0.442. The summed E-state index contributed by atoms with van der Waals surface area (Å²) in [5.74, 6) is -0.180. The number of unbranched alkanes of at least 4 members (excludes halogenated alkanes) is 3. The number of carbonyl (C=O) groups excluding carboxylic acids is 1. The predicted molar refractivity (Wildman–Crippen MR) is 72.2 cm³/mol. The molecule has 1 aromatic rings. The van der Waals surface area contributed by atoms with Gasteiger partial charge in [-0.05, 0) is 18.9 Å². The third-order valence-electron chi connectivity index (χ3n) is 2.27. The molecule has 0 aliphatic heterocycles. The third kappa shape index (κ3) is 5.25. The van der Waals surface area contributed by atoms with Crippen LogP contribution in [-0.4, -0.2) is 24.2 Å². The molecule has 0 aliphatic carbocycles. The first-order chi connectivity index (χ1) is 8.15. The number of amides is 1. The van der Waals surface area contributed by atoms with Crippen molar-refractivity contribution in [1.82, 2.24) is 5.32 Å². The van der Waals surface area contributed by atoms with Crippen LogP contribution in [0.4, 0.5) is 0 Å². The summed E-state index contributed by atoms with van der Waals surface area (Å²) in [5, 5.41) is 11.4. The van der Waals surface area contributed by atoms with E-state index in [2.05, 4.69) is 5.32 Å². The molecule has 3 nitrogen and oxygen atoms in total. The van der Waals surface area contributed by atoms with Crippen LogP contribution in [-0.2, 0) is 0 Å². The van der Waals surface area contributed by atoms with Gasteiger partial charge in [0.15, 0.2) is 0 Å². The maximum atomic E-state index is 11.7. The van der Waals surface area contributed by atoms with Gasteiger partial charge in [0, 0.05) is 13.2 Å². The highest BCUT2D eigenvalue weighted by Crippen LogP contribution is 2.30. The molecule has 1 heterocycles. The van der Waals surface area contributed by atoms with E-state index >= 15 is 0 Å². The zero-order valence-corrected chi connectivity index (χ0v) is 11.7. The Morgan fingerprint density at radius 2 is 2.00 bits per heavy atom. The molecule has 0 aromatic carbocycles. The topological polar surface area (TPSA) is 49.3 Å². The van der Waals surface area contributed by atoms with Gasteiger partial charge in [-0.2, -0.15) is 0 Å². The van der Waals surface area contributed by atoms with Crippen LogP contribution >= 0.6 is 34.5 Å². The molecule has 0 bridgehead atoms. The van der Waals surface area contributed by atoms with Gasteiger partial charge in [0.1, 0.15) is 4.34 Å². The van der Waals surface area contributed by atoms with E-state index in [4.69, 9.17) is 28.3 Å². The number of aliphatic hydroxyl groups is 1. The lowest BCUT2D eigenvalue weighted by Crippen LogP contribution is -2.24. The fourth-order valence-electron chi connectivity index (χ4n) is 1.38. The summed E-state index contributed by atoms with van der Waals surface area (Å²) in [4.78, 5) is 11.7. The van der Waals surface area contributed by atoms with Crippen LogP contribution in [0.5, 0.6) is 0 Å². The van der Waals surface area contributed by atoms with E-state index in [9.17, 15) is 4.79 Å². The molecule has 6 heteroatoms. The first kappa shape index (κ1) is 14.8. The summed E-state index contributed by atoms with van der Waals surface area (Å²) in [7, 11) is 0. The van der Waals surface area contributed by atoms with Crippen molar-refractivity contribution in [3.63, 3.8) is 0 Å².